The maximum absolute atomic E-state index is 5.49. The number of hydrogen-bond donors (Lipinski definition) is 1. The molecule has 1 saturated heterocycles. The van der Waals surface area contributed by atoms with Crippen molar-refractivity contribution >= 4 is 0 Å². The molecule has 2 aliphatic carbocycles. The van der Waals surface area contributed by atoms with Crippen molar-refractivity contribution in [3.63, 3.8) is 0 Å². The number of nitrogens with one attached hydrogen (secondary N) is 1. The summed E-state index contributed by atoms with van der Waals surface area (Å²) in [4.78, 5) is 0. The van der Waals surface area contributed by atoms with E-state index in [2.05, 4.69) is 29.6 Å². The van der Waals surface area contributed by atoms with Gasteiger partial charge in [-0.3, -0.25) is 0 Å². The van der Waals surface area contributed by atoms with Crippen molar-refractivity contribution in [2.24, 2.45) is 11.8 Å². The van der Waals surface area contributed by atoms with Gasteiger partial charge in [-0.2, -0.15) is 0 Å². The second-order valence-electron chi connectivity index (χ2n) is 6.85. The van der Waals surface area contributed by atoms with Crippen molar-refractivity contribution in [2.75, 3.05) is 13.2 Å². The summed E-state index contributed by atoms with van der Waals surface area (Å²) in [6.07, 6.45) is 7.80. The van der Waals surface area contributed by atoms with Crippen molar-refractivity contribution in [1.82, 2.24) is 5.32 Å². The van der Waals surface area contributed by atoms with Gasteiger partial charge in [-0.1, -0.05) is 24.3 Å². The molecule has 1 N–H and O–H groups in total. The SMILES string of the molecule is c1ccc2c(c1)CC1CCC(C2)C1NC1CCOCC1. The van der Waals surface area contributed by atoms with E-state index in [-0.39, 0.29) is 0 Å². The molecule has 108 valence electrons. The van der Waals surface area contributed by atoms with Crippen LogP contribution in [0.2, 0.25) is 0 Å². The minimum atomic E-state index is 0.693. The van der Waals surface area contributed by atoms with Gasteiger partial charge in [0.2, 0.25) is 0 Å². The lowest BCUT2D eigenvalue weighted by Crippen LogP contribution is -2.46. The van der Waals surface area contributed by atoms with Gasteiger partial charge in [-0.15, -0.1) is 0 Å². The molecule has 4 rings (SSSR count). The molecule has 0 aromatic heterocycles. The lowest BCUT2D eigenvalue weighted by molar-refractivity contribution is 0.0712. The van der Waals surface area contributed by atoms with E-state index in [0.717, 1.165) is 31.1 Å². The highest BCUT2D eigenvalue weighted by Crippen LogP contribution is 2.40. The Balaban J connectivity index is 1.51. The minimum Gasteiger partial charge on any atom is -0.381 e. The standard InChI is InChI=1S/C18H25NO/c1-2-4-14-12-16-6-5-15(11-13(14)3-1)18(16)19-17-7-9-20-10-8-17/h1-4,15-19H,5-12H2. The molecule has 0 amide bonds. The monoisotopic (exact) mass is 271 g/mol. The molecule has 2 heteroatoms. The normalized spacial score (nSPS) is 33.7. The average Bonchev–Trinajstić information content (AvgIpc) is 2.75. The topological polar surface area (TPSA) is 21.3 Å². The fourth-order valence-electron chi connectivity index (χ4n) is 4.56. The molecular weight excluding hydrogens is 246 g/mol. The Morgan fingerprint density at radius 3 is 2.05 bits per heavy atom. The van der Waals surface area contributed by atoms with E-state index < -0.39 is 0 Å². The summed E-state index contributed by atoms with van der Waals surface area (Å²) in [5, 5.41) is 4.01. The van der Waals surface area contributed by atoms with Crippen molar-refractivity contribution < 1.29 is 4.74 Å². The van der Waals surface area contributed by atoms with Crippen LogP contribution >= 0.6 is 0 Å². The van der Waals surface area contributed by atoms with E-state index in [1.54, 1.807) is 11.1 Å². The Morgan fingerprint density at radius 2 is 1.45 bits per heavy atom. The molecule has 2 fully saturated rings. The van der Waals surface area contributed by atoms with Gasteiger partial charge >= 0.3 is 0 Å². The molecule has 0 spiro atoms. The number of rotatable bonds is 2. The third-order valence-electron chi connectivity index (χ3n) is 5.66. The fraction of sp³-hybridized carbons (Fsp3) is 0.667. The van der Waals surface area contributed by atoms with Crippen molar-refractivity contribution in [1.29, 1.82) is 0 Å². The highest BCUT2D eigenvalue weighted by molar-refractivity contribution is 5.30. The highest BCUT2D eigenvalue weighted by Gasteiger charge is 2.39. The molecule has 2 unspecified atom stereocenters. The first-order chi connectivity index (χ1) is 9.90. The van der Waals surface area contributed by atoms with Crippen LogP contribution in [0.1, 0.15) is 36.8 Å². The smallest absolute Gasteiger partial charge is 0.0480 e. The van der Waals surface area contributed by atoms with Gasteiger partial charge in [0, 0.05) is 25.3 Å². The van der Waals surface area contributed by atoms with Crippen LogP contribution in [-0.4, -0.2) is 25.3 Å². The van der Waals surface area contributed by atoms with Gasteiger partial charge in [-0.25, -0.2) is 0 Å². The zero-order chi connectivity index (χ0) is 13.4. The Kier molecular flexibility index (Phi) is 3.53. The third kappa shape index (κ3) is 2.40. The van der Waals surface area contributed by atoms with Gasteiger partial charge in [0.05, 0.1) is 0 Å². The predicted octanol–water partition coefficient (Wildman–Crippen LogP) is 2.95. The Bertz CT molecular complexity index is 433. The summed E-state index contributed by atoms with van der Waals surface area (Å²) in [6.45, 7) is 1.89. The summed E-state index contributed by atoms with van der Waals surface area (Å²) in [6, 6.07) is 10.5. The molecule has 2 atom stereocenters. The molecule has 20 heavy (non-hydrogen) atoms. The first kappa shape index (κ1) is 12.8. The first-order valence-corrected chi connectivity index (χ1v) is 8.31. The van der Waals surface area contributed by atoms with Gasteiger partial charge in [0.15, 0.2) is 0 Å². The quantitative estimate of drug-likeness (QED) is 0.893. The molecular formula is C18H25NO. The Hall–Kier alpha value is -0.860. The summed E-state index contributed by atoms with van der Waals surface area (Å²) >= 11 is 0. The van der Waals surface area contributed by atoms with Crippen LogP contribution in [0.25, 0.3) is 0 Å². The lowest BCUT2D eigenvalue weighted by atomic mass is 9.93. The van der Waals surface area contributed by atoms with Crippen LogP contribution in [0.4, 0.5) is 0 Å². The van der Waals surface area contributed by atoms with Gasteiger partial charge in [0.1, 0.15) is 0 Å². The van der Waals surface area contributed by atoms with Gasteiger partial charge < -0.3 is 10.1 Å². The van der Waals surface area contributed by atoms with Crippen LogP contribution < -0.4 is 5.32 Å². The predicted molar refractivity (Wildman–Crippen MR) is 80.8 cm³/mol. The average molecular weight is 271 g/mol. The van der Waals surface area contributed by atoms with E-state index >= 15 is 0 Å². The van der Waals surface area contributed by atoms with Crippen molar-refractivity contribution in [3.8, 4) is 0 Å². The van der Waals surface area contributed by atoms with Gasteiger partial charge in [0.25, 0.3) is 0 Å². The molecule has 0 radical (unpaired) electrons. The molecule has 1 aromatic rings. The van der Waals surface area contributed by atoms with Crippen molar-refractivity contribution in [2.45, 2.75) is 50.6 Å². The Morgan fingerprint density at radius 1 is 0.850 bits per heavy atom. The van der Waals surface area contributed by atoms with E-state index in [0.29, 0.717) is 6.04 Å². The maximum atomic E-state index is 5.49. The van der Waals surface area contributed by atoms with Gasteiger partial charge in [-0.05, 0) is 61.5 Å². The summed E-state index contributed by atoms with van der Waals surface area (Å²) in [7, 11) is 0. The second-order valence-corrected chi connectivity index (χ2v) is 6.85. The Labute approximate surface area is 121 Å². The molecule has 2 bridgehead atoms. The van der Waals surface area contributed by atoms with E-state index in [1.807, 2.05) is 0 Å². The number of fused-ring (bicyclic) bond motifs is 3. The number of hydrogen-bond acceptors (Lipinski definition) is 2. The molecule has 1 heterocycles. The van der Waals surface area contributed by atoms with E-state index in [9.17, 15) is 0 Å². The lowest BCUT2D eigenvalue weighted by Gasteiger charge is -2.31. The van der Waals surface area contributed by atoms with E-state index in [4.69, 9.17) is 4.74 Å². The maximum Gasteiger partial charge on any atom is 0.0480 e. The third-order valence-corrected chi connectivity index (χ3v) is 5.66. The second kappa shape index (κ2) is 5.50. The van der Waals surface area contributed by atoms with Crippen LogP contribution in [0.3, 0.4) is 0 Å². The van der Waals surface area contributed by atoms with Crippen LogP contribution in [0, 0.1) is 11.8 Å². The van der Waals surface area contributed by atoms with Crippen LogP contribution in [0.5, 0.6) is 0 Å². The molecule has 1 aliphatic heterocycles. The summed E-state index contributed by atoms with van der Waals surface area (Å²) < 4.78 is 5.49. The molecule has 2 nitrogen and oxygen atoms in total. The zero-order valence-electron chi connectivity index (χ0n) is 12.2. The number of benzene rings is 1. The highest BCUT2D eigenvalue weighted by atomic mass is 16.5. The van der Waals surface area contributed by atoms with Crippen LogP contribution in [-0.2, 0) is 17.6 Å². The molecule has 3 aliphatic rings. The van der Waals surface area contributed by atoms with Crippen LogP contribution in [0.15, 0.2) is 24.3 Å². The molecule has 1 saturated carbocycles. The zero-order valence-corrected chi connectivity index (χ0v) is 12.2. The first-order valence-electron chi connectivity index (χ1n) is 8.31. The minimum absolute atomic E-state index is 0.693. The largest absolute Gasteiger partial charge is 0.381 e. The summed E-state index contributed by atoms with van der Waals surface area (Å²) in [5.41, 5.74) is 3.22. The summed E-state index contributed by atoms with van der Waals surface area (Å²) in [5.74, 6) is 1.71. The molecule has 1 aromatic carbocycles. The number of ether oxygens (including phenoxy) is 1. The van der Waals surface area contributed by atoms with Crippen molar-refractivity contribution in [3.05, 3.63) is 35.4 Å². The van der Waals surface area contributed by atoms with E-state index in [1.165, 1.54) is 38.5 Å². The fourth-order valence-corrected chi connectivity index (χ4v) is 4.56.